The molecule has 2 aromatic heterocycles. The summed E-state index contributed by atoms with van der Waals surface area (Å²) in [5.41, 5.74) is 3.63. The maximum atomic E-state index is 5.56. The first-order valence-electron chi connectivity index (χ1n) is 7.17. The molecule has 0 spiro atoms. The van der Waals surface area contributed by atoms with E-state index >= 15 is 0 Å². The van der Waals surface area contributed by atoms with Crippen LogP contribution in [0.5, 0.6) is 0 Å². The van der Waals surface area contributed by atoms with Crippen molar-refractivity contribution < 1.29 is 4.52 Å². The molecule has 0 bridgehead atoms. The summed E-state index contributed by atoms with van der Waals surface area (Å²) in [5, 5.41) is 11.1. The van der Waals surface area contributed by atoms with E-state index in [1.54, 1.807) is 0 Å². The van der Waals surface area contributed by atoms with Crippen LogP contribution in [0.15, 0.2) is 16.9 Å². The Kier molecular flexibility index (Phi) is 3.76. The Labute approximate surface area is 121 Å². The van der Waals surface area contributed by atoms with E-state index in [9.17, 15) is 0 Å². The second kappa shape index (κ2) is 5.08. The van der Waals surface area contributed by atoms with Gasteiger partial charge in [0.15, 0.2) is 0 Å². The third-order valence-corrected chi connectivity index (χ3v) is 3.94. The first kappa shape index (κ1) is 14.8. The minimum Gasteiger partial charge on any atom is -0.361 e. The molecule has 2 heterocycles. The van der Waals surface area contributed by atoms with Gasteiger partial charge in [0.1, 0.15) is 5.76 Å². The highest BCUT2D eigenvalue weighted by Gasteiger charge is 2.28. The number of aryl methyl sites for hydroxylation is 2. The van der Waals surface area contributed by atoms with E-state index < -0.39 is 0 Å². The normalized spacial score (nSPS) is 12.9. The summed E-state index contributed by atoms with van der Waals surface area (Å²) in [7, 11) is 0. The van der Waals surface area contributed by atoms with Gasteiger partial charge in [-0.3, -0.25) is 5.10 Å². The van der Waals surface area contributed by atoms with Crippen molar-refractivity contribution in [3.63, 3.8) is 0 Å². The Balaban J connectivity index is 2.16. The van der Waals surface area contributed by atoms with Crippen molar-refractivity contribution in [3.8, 4) is 0 Å². The number of nitrogens with one attached hydrogen (secondary N) is 1. The lowest BCUT2D eigenvalue weighted by Gasteiger charge is -2.24. The SMILES string of the molecule is Cc1noc(CCC(C)(C)c2cn[nH]c2)c1C(C)(C)C. The lowest BCUT2D eigenvalue weighted by Crippen LogP contribution is -2.19. The number of aromatic nitrogens is 3. The Bertz CT molecular complexity index is 559. The van der Waals surface area contributed by atoms with Gasteiger partial charge in [0, 0.05) is 18.2 Å². The highest BCUT2D eigenvalue weighted by atomic mass is 16.5. The van der Waals surface area contributed by atoms with E-state index in [1.165, 1.54) is 11.1 Å². The summed E-state index contributed by atoms with van der Waals surface area (Å²) in [6, 6.07) is 0. The van der Waals surface area contributed by atoms with Crippen LogP contribution in [-0.4, -0.2) is 15.4 Å². The average molecular weight is 275 g/mol. The highest BCUT2D eigenvalue weighted by molar-refractivity contribution is 5.30. The second-order valence-electron chi connectivity index (χ2n) is 7.19. The van der Waals surface area contributed by atoms with Crippen molar-refractivity contribution in [1.82, 2.24) is 15.4 Å². The molecule has 4 heteroatoms. The molecule has 0 aliphatic rings. The molecule has 0 atom stereocenters. The van der Waals surface area contributed by atoms with E-state index in [0.29, 0.717) is 0 Å². The van der Waals surface area contributed by atoms with Crippen molar-refractivity contribution in [2.45, 2.75) is 65.2 Å². The van der Waals surface area contributed by atoms with Crippen molar-refractivity contribution in [1.29, 1.82) is 0 Å². The number of aromatic amines is 1. The smallest absolute Gasteiger partial charge is 0.140 e. The van der Waals surface area contributed by atoms with E-state index in [-0.39, 0.29) is 10.8 Å². The Morgan fingerprint density at radius 1 is 1.20 bits per heavy atom. The topological polar surface area (TPSA) is 54.7 Å². The Morgan fingerprint density at radius 2 is 1.90 bits per heavy atom. The molecule has 0 fully saturated rings. The van der Waals surface area contributed by atoms with Crippen LogP contribution >= 0.6 is 0 Å². The third-order valence-electron chi connectivity index (χ3n) is 3.94. The fourth-order valence-corrected chi connectivity index (χ4v) is 2.74. The molecule has 0 saturated heterocycles. The summed E-state index contributed by atoms with van der Waals surface area (Å²) in [5.74, 6) is 1.02. The summed E-state index contributed by atoms with van der Waals surface area (Å²) < 4.78 is 5.56. The van der Waals surface area contributed by atoms with Gasteiger partial charge in [0.25, 0.3) is 0 Å². The van der Waals surface area contributed by atoms with Gasteiger partial charge >= 0.3 is 0 Å². The highest BCUT2D eigenvalue weighted by Crippen LogP contribution is 2.33. The van der Waals surface area contributed by atoms with E-state index in [1.807, 2.05) is 19.3 Å². The summed E-state index contributed by atoms with van der Waals surface area (Å²) in [4.78, 5) is 0. The van der Waals surface area contributed by atoms with Crippen LogP contribution < -0.4 is 0 Å². The third kappa shape index (κ3) is 2.94. The molecule has 0 radical (unpaired) electrons. The zero-order chi connectivity index (χ0) is 15.0. The van der Waals surface area contributed by atoms with E-state index in [2.05, 4.69) is 50.0 Å². The molecule has 4 nitrogen and oxygen atoms in total. The molecule has 2 rings (SSSR count). The minimum absolute atomic E-state index is 0.0687. The largest absolute Gasteiger partial charge is 0.361 e. The number of nitrogens with zero attached hydrogens (tertiary/aromatic N) is 2. The molecular formula is C16H25N3O. The van der Waals surface area contributed by atoms with E-state index in [0.717, 1.165) is 24.3 Å². The summed E-state index contributed by atoms with van der Waals surface area (Å²) in [6.45, 7) is 13.1. The van der Waals surface area contributed by atoms with Gasteiger partial charge in [-0.2, -0.15) is 5.10 Å². The average Bonchev–Trinajstić information content (AvgIpc) is 2.94. The molecule has 1 N–H and O–H groups in total. The van der Waals surface area contributed by atoms with Gasteiger partial charge in [0.2, 0.25) is 0 Å². The van der Waals surface area contributed by atoms with Crippen LogP contribution in [-0.2, 0) is 17.3 Å². The van der Waals surface area contributed by atoms with Crippen molar-refractivity contribution >= 4 is 0 Å². The van der Waals surface area contributed by atoms with Crippen LogP contribution in [0.3, 0.4) is 0 Å². The van der Waals surface area contributed by atoms with Crippen molar-refractivity contribution in [3.05, 3.63) is 35.0 Å². The predicted octanol–water partition coefficient (Wildman–Crippen LogP) is 3.91. The van der Waals surface area contributed by atoms with E-state index in [4.69, 9.17) is 4.52 Å². The monoisotopic (exact) mass is 275 g/mol. The minimum atomic E-state index is 0.0687. The fraction of sp³-hybridized carbons (Fsp3) is 0.625. The zero-order valence-electron chi connectivity index (χ0n) is 13.4. The van der Waals surface area contributed by atoms with Gasteiger partial charge in [-0.15, -0.1) is 0 Å². The number of hydrogen-bond donors (Lipinski definition) is 1. The number of rotatable bonds is 4. The standard InChI is InChI=1S/C16H25N3O/c1-11-14(15(2,3)4)13(20-19-11)7-8-16(5,6)12-9-17-18-10-12/h9-10H,7-8H2,1-6H3,(H,17,18). The molecule has 0 unspecified atom stereocenters. The first-order valence-corrected chi connectivity index (χ1v) is 7.17. The van der Waals surface area contributed by atoms with Crippen molar-refractivity contribution in [2.75, 3.05) is 0 Å². The van der Waals surface area contributed by atoms with Gasteiger partial charge in [0.05, 0.1) is 11.9 Å². The lowest BCUT2D eigenvalue weighted by molar-refractivity contribution is 0.356. The quantitative estimate of drug-likeness (QED) is 0.920. The summed E-state index contributed by atoms with van der Waals surface area (Å²) >= 11 is 0. The predicted molar refractivity (Wildman–Crippen MR) is 79.9 cm³/mol. The maximum Gasteiger partial charge on any atom is 0.140 e. The first-order chi connectivity index (χ1) is 9.22. The second-order valence-corrected chi connectivity index (χ2v) is 7.19. The molecule has 2 aromatic rings. The molecular weight excluding hydrogens is 250 g/mol. The maximum absolute atomic E-state index is 5.56. The molecule has 0 saturated carbocycles. The van der Waals surface area contributed by atoms with Crippen LogP contribution in [0, 0.1) is 6.92 Å². The zero-order valence-corrected chi connectivity index (χ0v) is 13.4. The van der Waals surface area contributed by atoms with Gasteiger partial charge < -0.3 is 4.52 Å². The fourth-order valence-electron chi connectivity index (χ4n) is 2.74. The van der Waals surface area contributed by atoms with Crippen LogP contribution in [0.4, 0.5) is 0 Å². The van der Waals surface area contributed by atoms with Crippen molar-refractivity contribution in [2.24, 2.45) is 0 Å². The summed E-state index contributed by atoms with van der Waals surface area (Å²) in [6.07, 6.45) is 5.77. The molecule has 20 heavy (non-hydrogen) atoms. The molecule has 0 aromatic carbocycles. The number of H-pyrrole nitrogens is 1. The lowest BCUT2D eigenvalue weighted by atomic mass is 9.79. The Hall–Kier alpha value is -1.58. The Morgan fingerprint density at radius 3 is 2.45 bits per heavy atom. The molecule has 0 amide bonds. The van der Waals surface area contributed by atoms with Gasteiger partial charge in [-0.05, 0) is 29.7 Å². The molecule has 110 valence electrons. The van der Waals surface area contributed by atoms with Gasteiger partial charge in [-0.1, -0.05) is 39.8 Å². The van der Waals surface area contributed by atoms with Crippen LogP contribution in [0.25, 0.3) is 0 Å². The van der Waals surface area contributed by atoms with Gasteiger partial charge in [-0.25, -0.2) is 0 Å². The van der Waals surface area contributed by atoms with Crippen LogP contribution in [0.2, 0.25) is 0 Å². The van der Waals surface area contributed by atoms with Crippen LogP contribution in [0.1, 0.15) is 63.6 Å². The number of hydrogen-bond acceptors (Lipinski definition) is 3. The molecule has 0 aliphatic carbocycles. The molecule has 0 aliphatic heterocycles.